The molecule has 1 fully saturated rings. The van der Waals surface area contributed by atoms with Crippen molar-refractivity contribution >= 4 is 30.0 Å². The van der Waals surface area contributed by atoms with Crippen molar-refractivity contribution in [3.63, 3.8) is 0 Å². The summed E-state index contributed by atoms with van der Waals surface area (Å²) in [5, 5.41) is 3.16. The molecule has 0 atom stereocenters. The molecule has 0 bridgehead atoms. The second-order valence-electron chi connectivity index (χ2n) is 6.32. The predicted octanol–water partition coefficient (Wildman–Crippen LogP) is -0.114. The van der Waals surface area contributed by atoms with Gasteiger partial charge in [0.15, 0.2) is 0 Å². The van der Waals surface area contributed by atoms with Crippen LogP contribution in [-0.2, 0) is 33.4 Å². The molecule has 1 aliphatic rings. The summed E-state index contributed by atoms with van der Waals surface area (Å²) in [5.74, 6) is -2.19. The number of hydrogen-bond acceptors (Lipinski definition) is 9. The van der Waals surface area contributed by atoms with Gasteiger partial charge in [0.2, 0.25) is 0 Å². The number of imide groups is 1. The average Bonchev–Trinajstić information content (AvgIpc) is 3.09. The Hall–Kier alpha value is -3.15. The SMILES string of the molecule is O=Cc1ccc(C(=O)NCCOCCOCCOCC(=O)ON2C(=O)CCC2=O)cc1. The Kier molecular flexibility index (Phi) is 10.3. The van der Waals surface area contributed by atoms with Gasteiger partial charge in [0.05, 0.1) is 33.0 Å². The number of rotatable bonds is 14. The Labute approximate surface area is 178 Å². The van der Waals surface area contributed by atoms with Crippen LogP contribution >= 0.6 is 0 Å². The summed E-state index contributed by atoms with van der Waals surface area (Å²) < 4.78 is 15.6. The molecule has 11 nitrogen and oxygen atoms in total. The van der Waals surface area contributed by atoms with Gasteiger partial charge in [0, 0.05) is 30.5 Å². The maximum Gasteiger partial charge on any atom is 0.358 e. The Morgan fingerprint density at radius 2 is 1.48 bits per heavy atom. The summed E-state index contributed by atoms with van der Waals surface area (Å²) in [6.07, 6.45) is 0.774. The molecule has 2 rings (SSSR count). The highest BCUT2D eigenvalue weighted by atomic mass is 16.7. The van der Waals surface area contributed by atoms with Gasteiger partial charge in [-0.3, -0.25) is 19.2 Å². The highest BCUT2D eigenvalue weighted by Gasteiger charge is 2.32. The van der Waals surface area contributed by atoms with Gasteiger partial charge in [0.25, 0.3) is 17.7 Å². The fraction of sp³-hybridized carbons (Fsp3) is 0.450. The molecule has 0 aromatic heterocycles. The van der Waals surface area contributed by atoms with Crippen molar-refractivity contribution in [1.82, 2.24) is 10.4 Å². The van der Waals surface area contributed by atoms with E-state index in [0.29, 0.717) is 48.8 Å². The third kappa shape index (κ3) is 8.62. The van der Waals surface area contributed by atoms with E-state index in [1.165, 1.54) is 0 Å². The highest BCUT2D eigenvalue weighted by Crippen LogP contribution is 2.11. The van der Waals surface area contributed by atoms with Crippen LogP contribution in [-0.4, -0.2) is 81.2 Å². The van der Waals surface area contributed by atoms with Gasteiger partial charge in [-0.05, 0) is 12.1 Å². The van der Waals surface area contributed by atoms with Crippen LogP contribution in [0.4, 0.5) is 0 Å². The lowest BCUT2D eigenvalue weighted by Crippen LogP contribution is -2.33. The minimum absolute atomic E-state index is 0.0333. The molecule has 1 saturated heterocycles. The monoisotopic (exact) mass is 436 g/mol. The molecule has 1 N–H and O–H groups in total. The third-order valence-electron chi connectivity index (χ3n) is 4.00. The first-order chi connectivity index (χ1) is 15.0. The van der Waals surface area contributed by atoms with Gasteiger partial charge in [-0.25, -0.2) is 4.79 Å². The normalized spacial score (nSPS) is 13.4. The lowest BCUT2D eigenvalue weighted by Gasteiger charge is -2.12. The summed E-state index contributed by atoms with van der Waals surface area (Å²) in [6, 6.07) is 6.28. The van der Waals surface area contributed by atoms with Gasteiger partial charge in [0.1, 0.15) is 12.9 Å². The van der Waals surface area contributed by atoms with Crippen molar-refractivity contribution < 1.29 is 43.0 Å². The summed E-state index contributed by atoms with van der Waals surface area (Å²) in [4.78, 5) is 61.2. The van der Waals surface area contributed by atoms with Crippen molar-refractivity contribution in [2.75, 3.05) is 46.2 Å². The fourth-order valence-corrected chi connectivity index (χ4v) is 2.43. The predicted molar refractivity (Wildman–Crippen MR) is 104 cm³/mol. The number of aldehydes is 1. The average molecular weight is 436 g/mol. The molecular weight excluding hydrogens is 412 g/mol. The topological polar surface area (TPSA) is 138 Å². The van der Waals surface area contributed by atoms with E-state index in [0.717, 1.165) is 0 Å². The van der Waals surface area contributed by atoms with Crippen LogP contribution in [0, 0.1) is 0 Å². The molecule has 1 aromatic carbocycles. The van der Waals surface area contributed by atoms with Crippen LogP contribution in [0.15, 0.2) is 24.3 Å². The molecular formula is C20H24N2O9. The Balaban J connectivity index is 1.40. The van der Waals surface area contributed by atoms with Gasteiger partial charge in [-0.2, -0.15) is 0 Å². The van der Waals surface area contributed by atoms with E-state index < -0.39 is 24.4 Å². The van der Waals surface area contributed by atoms with Crippen molar-refractivity contribution in [3.05, 3.63) is 35.4 Å². The van der Waals surface area contributed by atoms with E-state index in [1.807, 2.05) is 0 Å². The van der Waals surface area contributed by atoms with Crippen molar-refractivity contribution in [3.8, 4) is 0 Å². The third-order valence-corrected chi connectivity index (χ3v) is 4.00. The van der Waals surface area contributed by atoms with Gasteiger partial charge < -0.3 is 24.4 Å². The molecule has 3 amide bonds. The standard InChI is InChI=1S/C20H24N2O9/c23-13-15-1-3-16(4-2-15)20(27)21-7-8-28-9-10-29-11-12-30-14-19(26)31-22-17(24)5-6-18(22)25/h1-4,13H,5-12,14H2,(H,21,27). The number of hydrogen-bond donors (Lipinski definition) is 1. The van der Waals surface area contributed by atoms with Crippen molar-refractivity contribution in [1.29, 1.82) is 0 Å². The Bertz CT molecular complexity index is 763. The van der Waals surface area contributed by atoms with Crippen molar-refractivity contribution in [2.45, 2.75) is 12.8 Å². The maximum atomic E-state index is 11.9. The van der Waals surface area contributed by atoms with Crippen LogP contribution in [0.1, 0.15) is 33.6 Å². The Morgan fingerprint density at radius 3 is 2.10 bits per heavy atom. The second-order valence-corrected chi connectivity index (χ2v) is 6.32. The molecule has 0 radical (unpaired) electrons. The number of nitrogens with one attached hydrogen (secondary N) is 1. The minimum Gasteiger partial charge on any atom is -0.377 e. The zero-order valence-electron chi connectivity index (χ0n) is 16.9. The van der Waals surface area contributed by atoms with Crippen LogP contribution < -0.4 is 5.32 Å². The maximum absolute atomic E-state index is 11.9. The van der Waals surface area contributed by atoms with Crippen molar-refractivity contribution in [2.24, 2.45) is 0 Å². The first-order valence-electron chi connectivity index (χ1n) is 9.64. The van der Waals surface area contributed by atoms with Gasteiger partial charge >= 0.3 is 5.97 Å². The first-order valence-corrected chi connectivity index (χ1v) is 9.64. The first kappa shape index (κ1) is 24.1. The summed E-state index contributed by atoms with van der Waals surface area (Å²) in [6.45, 7) is 1.16. The molecule has 1 heterocycles. The van der Waals surface area contributed by atoms with E-state index in [1.54, 1.807) is 24.3 Å². The quantitative estimate of drug-likeness (QED) is 0.240. The van der Waals surface area contributed by atoms with E-state index in [2.05, 4.69) is 10.2 Å². The molecule has 0 unspecified atom stereocenters. The number of carbonyl (C=O) groups is 5. The van der Waals surface area contributed by atoms with Crippen LogP contribution in [0.25, 0.3) is 0 Å². The van der Waals surface area contributed by atoms with E-state index in [4.69, 9.17) is 14.2 Å². The number of ether oxygens (including phenoxy) is 3. The summed E-state index contributed by atoms with van der Waals surface area (Å²) in [5.41, 5.74) is 0.955. The molecule has 1 aliphatic heterocycles. The Morgan fingerprint density at radius 1 is 0.903 bits per heavy atom. The number of nitrogens with zero attached hydrogens (tertiary/aromatic N) is 1. The van der Waals surface area contributed by atoms with Crippen LogP contribution in [0.3, 0.4) is 0 Å². The molecule has 0 aliphatic carbocycles. The lowest BCUT2D eigenvalue weighted by molar-refractivity contribution is -0.200. The lowest BCUT2D eigenvalue weighted by atomic mass is 10.1. The molecule has 1 aromatic rings. The molecule has 0 saturated carbocycles. The zero-order valence-corrected chi connectivity index (χ0v) is 16.9. The zero-order chi connectivity index (χ0) is 22.5. The molecule has 11 heteroatoms. The summed E-state index contributed by atoms with van der Waals surface area (Å²) in [7, 11) is 0. The second kappa shape index (κ2) is 13.2. The van der Waals surface area contributed by atoms with E-state index in [-0.39, 0.29) is 32.0 Å². The number of benzene rings is 1. The molecule has 168 valence electrons. The van der Waals surface area contributed by atoms with Gasteiger partial charge in [-0.1, -0.05) is 12.1 Å². The summed E-state index contributed by atoms with van der Waals surface area (Å²) >= 11 is 0. The number of carbonyl (C=O) groups excluding carboxylic acids is 5. The number of amides is 3. The highest BCUT2D eigenvalue weighted by molar-refractivity contribution is 6.01. The largest absolute Gasteiger partial charge is 0.377 e. The molecule has 31 heavy (non-hydrogen) atoms. The van der Waals surface area contributed by atoms with Crippen LogP contribution in [0.2, 0.25) is 0 Å². The molecule has 0 spiro atoms. The number of hydroxylamine groups is 2. The van der Waals surface area contributed by atoms with Gasteiger partial charge in [-0.15, -0.1) is 5.06 Å². The van der Waals surface area contributed by atoms with E-state index in [9.17, 15) is 24.0 Å². The smallest absolute Gasteiger partial charge is 0.358 e. The van der Waals surface area contributed by atoms with E-state index >= 15 is 0 Å². The minimum atomic E-state index is -0.839. The van der Waals surface area contributed by atoms with Crippen LogP contribution in [0.5, 0.6) is 0 Å². The fourth-order valence-electron chi connectivity index (χ4n) is 2.43.